The predicted molar refractivity (Wildman–Crippen MR) is 50.9 cm³/mol. The molecule has 0 saturated carbocycles. The van der Waals surface area contributed by atoms with Crippen LogP contribution in [0.2, 0.25) is 0 Å². The summed E-state index contributed by atoms with van der Waals surface area (Å²) in [5.41, 5.74) is 0. The molecule has 0 aromatic heterocycles. The Labute approximate surface area is 83.1 Å². The van der Waals surface area contributed by atoms with Crippen LogP contribution in [0.4, 0.5) is 0 Å². The Hall–Kier alpha value is -1.10. The van der Waals surface area contributed by atoms with Crippen LogP contribution in [0.25, 0.3) is 0 Å². The average Bonchev–Trinajstić information content (AvgIpc) is 2.16. The number of carbonyl (C=O) groups is 2. The van der Waals surface area contributed by atoms with Gasteiger partial charge in [0.2, 0.25) is 5.91 Å². The number of aliphatic carboxylic acids is 1. The molecule has 5 heteroatoms. The summed E-state index contributed by atoms with van der Waals surface area (Å²) in [4.78, 5) is 23.8. The maximum absolute atomic E-state index is 11.1. The second-order valence-corrected chi connectivity index (χ2v) is 3.59. The SMILES string of the molecule is CCC(C)N1CC(=O)NCC1C(=O)O. The molecule has 0 aromatic carbocycles. The number of carboxylic acids is 1. The highest BCUT2D eigenvalue weighted by atomic mass is 16.4. The molecule has 1 heterocycles. The molecule has 1 aliphatic rings. The van der Waals surface area contributed by atoms with Crippen LogP contribution in [0.5, 0.6) is 0 Å². The Morgan fingerprint density at radius 1 is 1.79 bits per heavy atom. The van der Waals surface area contributed by atoms with Crippen LogP contribution in [0.1, 0.15) is 20.3 Å². The standard InChI is InChI=1S/C9H16N2O3/c1-3-6(2)11-5-8(12)10-4-7(11)9(13)14/h6-7H,3-5H2,1-2H3,(H,10,12)(H,13,14). The van der Waals surface area contributed by atoms with E-state index in [-0.39, 0.29) is 25.0 Å². The molecule has 0 radical (unpaired) electrons. The molecule has 80 valence electrons. The van der Waals surface area contributed by atoms with E-state index in [1.54, 1.807) is 4.90 Å². The van der Waals surface area contributed by atoms with Crippen LogP contribution in [0.15, 0.2) is 0 Å². The summed E-state index contributed by atoms with van der Waals surface area (Å²) in [6, 6.07) is -0.454. The van der Waals surface area contributed by atoms with Gasteiger partial charge >= 0.3 is 5.97 Å². The van der Waals surface area contributed by atoms with Crippen LogP contribution in [0.3, 0.4) is 0 Å². The monoisotopic (exact) mass is 200 g/mol. The highest BCUT2D eigenvalue weighted by Gasteiger charge is 2.33. The third-order valence-corrected chi connectivity index (χ3v) is 2.66. The number of nitrogens with one attached hydrogen (secondary N) is 1. The molecular formula is C9H16N2O3. The summed E-state index contributed by atoms with van der Waals surface area (Å²) in [7, 11) is 0. The Morgan fingerprint density at radius 2 is 2.43 bits per heavy atom. The molecule has 1 rings (SSSR count). The van der Waals surface area contributed by atoms with E-state index in [1.165, 1.54) is 0 Å². The Bertz CT molecular complexity index is 242. The number of carboxylic acid groups (broad SMARTS) is 1. The highest BCUT2D eigenvalue weighted by Crippen LogP contribution is 2.11. The fourth-order valence-electron chi connectivity index (χ4n) is 1.59. The number of amides is 1. The van der Waals surface area contributed by atoms with Crippen molar-refractivity contribution in [3.05, 3.63) is 0 Å². The van der Waals surface area contributed by atoms with E-state index in [4.69, 9.17) is 5.11 Å². The lowest BCUT2D eigenvalue weighted by molar-refractivity contribution is -0.147. The first-order valence-corrected chi connectivity index (χ1v) is 4.81. The second kappa shape index (κ2) is 4.41. The smallest absolute Gasteiger partial charge is 0.322 e. The van der Waals surface area contributed by atoms with Crippen molar-refractivity contribution in [2.45, 2.75) is 32.4 Å². The molecule has 0 bridgehead atoms. The third kappa shape index (κ3) is 2.23. The molecule has 2 unspecified atom stereocenters. The zero-order valence-electron chi connectivity index (χ0n) is 8.49. The van der Waals surface area contributed by atoms with Gasteiger partial charge in [0.1, 0.15) is 6.04 Å². The molecule has 5 nitrogen and oxygen atoms in total. The zero-order valence-corrected chi connectivity index (χ0v) is 8.49. The second-order valence-electron chi connectivity index (χ2n) is 3.59. The van der Waals surface area contributed by atoms with Gasteiger partial charge in [0.25, 0.3) is 0 Å². The third-order valence-electron chi connectivity index (χ3n) is 2.66. The number of hydrogen-bond donors (Lipinski definition) is 2. The quantitative estimate of drug-likeness (QED) is 0.654. The van der Waals surface area contributed by atoms with Crippen molar-refractivity contribution in [3.63, 3.8) is 0 Å². The van der Waals surface area contributed by atoms with Crippen molar-refractivity contribution in [2.75, 3.05) is 13.1 Å². The van der Waals surface area contributed by atoms with E-state index in [1.807, 2.05) is 13.8 Å². The fourth-order valence-corrected chi connectivity index (χ4v) is 1.59. The number of carbonyl (C=O) groups excluding carboxylic acids is 1. The van der Waals surface area contributed by atoms with Gasteiger partial charge in [-0.15, -0.1) is 0 Å². The van der Waals surface area contributed by atoms with E-state index in [2.05, 4.69) is 5.32 Å². The van der Waals surface area contributed by atoms with Crippen LogP contribution in [-0.2, 0) is 9.59 Å². The lowest BCUT2D eigenvalue weighted by atomic mass is 10.1. The van der Waals surface area contributed by atoms with Crippen molar-refractivity contribution in [3.8, 4) is 0 Å². The minimum atomic E-state index is -0.870. The maximum atomic E-state index is 11.1. The predicted octanol–water partition coefficient (Wildman–Crippen LogP) is -0.330. The van der Waals surface area contributed by atoms with Gasteiger partial charge in [-0.05, 0) is 13.3 Å². The maximum Gasteiger partial charge on any atom is 0.322 e. The molecule has 14 heavy (non-hydrogen) atoms. The molecule has 1 aliphatic heterocycles. The first-order valence-electron chi connectivity index (χ1n) is 4.81. The zero-order chi connectivity index (χ0) is 10.7. The Kier molecular flexibility index (Phi) is 3.46. The molecule has 1 amide bonds. The van der Waals surface area contributed by atoms with E-state index in [0.717, 1.165) is 6.42 Å². The van der Waals surface area contributed by atoms with E-state index >= 15 is 0 Å². The number of rotatable bonds is 3. The van der Waals surface area contributed by atoms with Gasteiger partial charge in [-0.1, -0.05) is 6.92 Å². The van der Waals surface area contributed by atoms with Crippen molar-refractivity contribution in [1.29, 1.82) is 0 Å². The minimum Gasteiger partial charge on any atom is -0.480 e. The molecule has 1 fully saturated rings. The molecular weight excluding hydrogens is 184 g/mol. The van der Waals surface area contributed by atoms with Gasteiger partial charge in [0.15, 0.2) is 0 Å². The summed E-state index contributed by atoms with van der Waals surface area (Å²) in [5.74, 6) is -0.965. The normalized spacial score (nSPS) is 25.6. The fraction of sp³-hybridized carbons (Fsp3) is 0.778. The average molecular weight is 200 g/mol. The van der Waals surface area contributed by atoms with Crippen LogP contribution >= 0.6 is 0 Å². The first-order chi connectivity index (χ1) is 6.56. The Balaban J connectivity index is 2.73. The summed E-state index contributed by atoms with van der Waals surface area (Å²) >= 11 is 0. The molecule has 2 atom stereocenters. The van der Waals surface area contributed by atoms with E-state index in [0.29, 0.717) is 0 Å². The number of hydrogen-bond acceptors (Lipinski definition) is 3. The number of piperazine rings is 1. The Morgan fingerprint density at radius 3 is 2.93 bits per heavy atom. The van der Waals surface area contributed by atoms with Gasteiger partial charge in [-0.3, -0.25) is 14.5 Å². The topological polar surface area (TPSA) is 69.6 Å². The van der Waals surface area contributed by atoms with Crippen LogP contribution in [0, 0.1) is 0 Å². The summed E-state index contributed by atoms with van der Waals surface area (Å²) in [6.45, 7) is 4.31. The van der Waals surface area contributed by atoms with E-state index in [9.17, 15) is 9.59 Å². The van der Waals surface area contributed by atoms with Crippen molar-refractivity contribution in [2.24, 2.45) is 0 Å². The lowest BCUT2D eigenvalue weighted by Crippen LogP contribution is -2.59. The van der Waals surface area contributed by atoms with Crippen molar-refractivity contribution >= 4 is 11.9 Å². The van der Waals surface area contributed by atoms with Gasteiger partial charge in [-0.25, -0.2) is 0 Å². The van der Waals surface area contributed by atoms with Gasteiger partial charge in [0, 0.05) is 12.6 Å². The van der Waals surface area contributed by atoms with Gasteiger partial charge in [0.05, 0.1) is 6.54 Å². The molecule has 2 N–H and O–H groups in total. The van der Waals surface area contributed by atoms with Crippen LogP contribution < -0.4 is 5.32 Å². The number of nitrogens with zero attached hydrogens (tertiary/aromatic N) is 1. The molecule has 0 aromatic rings. The van der Waals surface area contributed by atoms with Gasteiger partial charge in [-0.2, -0.15) is 0 Å². The van der Waals surface area contributed by atoms with Crippen LogP contribution in [-0.4, -0.2) is 47.1 Å². The lowest BCUT2D eigenvalue weighted by Gasteiger charge is -2.36. The molecule has 0 spiro atoms. The van der Waals surface area contributed by atoms with Crippen molar-refractivity contribution in [1.82, 2.24) is 10.2 Å². The molecule has 1 saturated heterocycles. The van der Waals surface area contributed by atoms with Crippen molar-refractivity contribution < 1.29 is 14.7 Å². The van der Waals surface area contributed by atoms with E-state index < -0.39 is 12.0 Å². The molecule has 0 aliphatic carbocycles. The summed E-state index contributed by atoms with van der Waals surface area (Å²) in [6.07, 6.45) is 0.844. The highest BCUT2D eigenvalue weighted by molar-refractivity contribution is 5.83. The largest absolute Gasteiger partial charge is 0.480 e. The summed E-state index contributed by atoms with van der Waals surface area (Å²) in [5, 5.41) is 11.5. The summed E-state index contributed by atoms with van der Waals surface area (Å²) < 4.78 is 0. The minimum absolute atomic E-state index is 0.0946. The van der Waals surface area contributed by atoms with Gasteiger partial charge < -0.3 is 10.4 Å². The first kappa shape index (κ1) is 11.0.